The first-order chi connectivity index (χ1) is 9.69. The number of methoxy groups -OCH3 is 1. The van der Waals surface area contributed by atoms with Crippen LogP contribution in [0.3, 0.4) is 0 Å². The van der Waals surface area contributed by atoms with Crippen molar-refractivity contribution in [1.82, 2.24) is 5.32 Å². The van der Waals surface area contributed by atoms with Crippen molar-refractivity contribution in [2.45, 2.75) is 13.0 Å². The zero-order chi connectivity index (χ0) is 14.4. The van der Waals surface area contributed by atoms with E-state index in [-0.39, 0.29) is 11.6 Å². The van der Waals surface area contributed by atoms with Crippen LogP contribution < -0.4 is 10.1 Å². The van der Waals surface area contributed by atoms with Crippen molar-refractivity contribution in [2.24, 2.45) is 0 Å². The van der Waals surface area contributed by atoms with Crippen LogP contribution in [0.15, 0.2) is 42.5 Å². The van der Waals surface area contributed by atoms with Crippen molar-refractivity contribution < 1.29 is 13.5 Å². The summed E-state index contributed by atoms with van der Waals surface area (Å²) in [6, 6.07) is 11.2. The Hall–Kier alpha value is -1.94. The van der Waals surface area contributed by atoms with Gasteiger partial charge in [0.2, 0.25) is 0 Å². The normalized spacial score (nSPS) is 10.6. The highest BCUT2D eigenvalue weighted by molar-refractivity contribution is 5.28. The van der Waals surface area contributed by atoms with Crippen molar-refractivity contribution in [3.63, 3.8) is 0 Å². The maximum absolute atomic E-state index is 13.7. The van der Waals surface area contributed by atoms with E-state index in [1.54, 1.807) is 24.3 Å². The average Bonchev–Trinajstić information content (AvgIpc) is 2.46. The van der Waals surface area contributed by atoms with Crippen molar-refractivity contribution in [3.8, 4) is 5.75 Å². The molecule has 2 nitrogen and oxygen atoms in total. The van der Waals surface area contributed by atoms with Crippen LogP contribution in [0, 0.1) is 11.6 Å². The molecule has 2 aromatic rings. The summed E-state index contributed by atoms with van der Waals surface area (Å²) in [5.41, 5.74) is 1.65. The second kappa shape index (κ2) is 7.01. The molecule has 0 unspecified atom stereocenters. The second-order valence-corrected chi connectivity index (χ2v) is 4.51. The molecule has 0 amide bonds. The Morgan fingerprint density at radius 3 is 2.45 bits per heavy atom. The van der Waals surface area contributed by atoms with Gasteiger partial charge in [-0.25, -0.2) is 8.78 Å². The summed E-state index contributed by atoms with van der Waals surface area (Å²) >= 11 is 0. The highest BCUT2D eigenvalue weighted by Gasteiger charge is 2.03. The Kier molecular flexibility index (Phi) is 5.07. The summed E-state index contributed by atoms with van der Waals surface area (Å²) in [5, 5.41) is 3.17. The van der Waals surface area contributed by atoms with Gasteiger partial charge in [-0.15, -0.1) is 0 Å². The fourth-order valence-corrected chi connectivity index (χ4v) is 1.91. The molecule has 0 bridgehead atoms. The molecule has 0 heterocycles. The minimum absolute atomic E-state index is 0.234. The van der Waals surface area contributed by atoms with Crippen molar-refractivity contribution in [3.05, 3.63) is 65.2 Å². The van der Waals surface area contributed by atoms with Gasteiger partial charge in [0.1, 0.15) is 17.4 Å². The number of halogens is 2. The lowest BCUT2D eigenvalue weighted by molar-refractivity contribution is 0.410. The lowest BCUT2D eigenvalue weighted by Gasteiger charge is -2.07. The monoisotopic (exact) mass is 277 g/mol. The predicted molar refractivity (Wildman–Crippen MR) is 74.8 cm³/mol. The van der Waals surface area contributed by atoms with Crippen LogP contribution in [0.1, 0.15) is 11.1 Å². The fraction of sp³-hybridized carbons (Fsp3) is 0.250. The van der Waals surface area contributed by atoms with Gasteiger partial charge < -0.3 is 10.1 Å². The molecule has 0 saturated carbocycles. The minimum atomic E-state index is -0.279. The van der Waals surface area contributed by atoms with Crippen molar-refractivity contribution in [1.29, 1.82) is 0 Å². The van der Waals surface area contributed by atoms with Crippen molar-refractivity contribution in [2.75, 3.05) is 13.7 Å². The summed E-state index contributed by atoms with van der Waals surface area (Å²) in [7, 11) is 1.51. The highest BCUT2D eigenvalue weighted by Crippen LogP contribution is 2.15. The number of rotatable bonds is 6. The van der Waals surface area contributed by atoms with Crippen LogP contribution in [0.2, 0.25) is 0 Å². The van der Waals surface area contributed by atoms with Crippen LogP contribution in [-0.4, -0.2) is 13.7 Å². The zero-order valence-electron chi connectivity index (χ0n) is 11.3. The summed E-state index contributed by atoms with van der Waals surface area (Å²) in [6.07, 6.45) is 0.776. The molecule has 0 radical (unpaired) electrons. The Morgan fingerprint density at radius 2 is 1.80 bits per heavy atom. The van der Waals surface area contributed by atoms with Gasteiger partial charge in [0.15, 0.2) is 0 Å². The predicted octanol–water partition coefficient (Wildman–Crippen LogP) is 3.31. The maximum Gasteiger partial charge on any atom is 0.131 e. The molecule has 20 heavy (non-hydrogen) atoms. The fourth-order valence-electron chi connectivity index (χ4n) is 1.91. The first-order valence-electron chi connectivity index (χ1n) is 6.46. The van der Waals surface area contributed by atoms with E-state index < -0.39 is 0 Å². The molecule has 0 aliphatic rings. The number of hydrogen-bond donors (Lipinski definition) is 1. The van der Waals surface area contributed by atoms with Crippen LogP contribution in [-0.2, 0) is 13.0 Å². The molecular weight excluding hydrogens is 260 g/mol. The molecule has 0 atom stereocenters. The topological polar surface area (TPSA) is 21.3 Å². The molecule has 0 aliphatic carbocycles. The van der Waals surface area contributed by atoms with E-state index in [0.717, 1.165) is 12.0 Å². The van der Waals surface area contributed by atoms with E-state index in [0.29, 0.717) is 24.4 Å². The van der Waals surface area contributed by atoms with E-state index in [4.69, 9.17) is 4.74 Å². The molecule has 0 aromatic heterocycles. The quantitative estimate of drug-likeness (QED) is 0.818. The minimum Gasteiger partial charge on any atom is -0.497 e. The summed E-state index contributed by atoms with van der Waals surface area (Å²) in [6.45, 7) is 1.16. The Morgan fingerprint density at radius 1 is 1.05 bits per heavy atom. The lowest BCUT2D eigenvalue weighted by atomic mass is 10.1. The first kappa shape index (κ1) is 14.5. The molecule has 0 aliphatic heterocycles. The van der Waals surface area contributed by atoms with Crippen LogP contribution in [0.4, 0.5) is 8.78 Å². The maximum atomic E-state index is 13.7. The van der Waals surface area contributed by atoms with E-state index in [9.17, 15) is 8.78 Å². The van der Waals surface area contributed by atoms with Crippen LogP contribution >= 0.6 is 0 Å². The number of hydrogen-bond acceptors (Lipinski definition) is 2. The Balaban J connectivity index is 1.79. The molecule has 4 heteroatoms. The third-order valence-electron chi connectivity index (χ3n) is 3.08. The zero-order valence-corrected chi connectivity index (χ0v) is 11.3. The molecule has 2 aromatic carbocycles. The molecule has 0 saturated heterocycles. The van der Waals surface area contributed by atoms with Gasteiger partial charge in [0.25, 0.3) is 0 Å². The van der Waals surface area contributed by atoms with Gasteiger partial charge in [-0.05, 0) is 36.7 Å². The van der Waals surface area contributed by atoms with Gasteiger partial charge in [0.05, 0.1) is 7.11 Å². The highest BCUT2D eigenvalue weighted by atomic mass is 19.1. The lowest BCUT2D eigenvalue weighted by Crippen LogP contribution is -2.17. The smallest absolute Gasteiger partial charge is 0.131 e. The van der Waals surface area contributed by atoms with Crippen LogP contribution in [0.25, 0.3) is 0 Å². The van der Waals surface area contributed by atoms with Gasteiger partial charge in [-0.2, -0.15) is 0 Å². The molecule has 106 valence electrons. The van der Waals surface area contributed by atoms with E-state index >= 15 is 0 Å². The SMILES string of the molecule is COc1ccc(CNCCc2ccc(F)cc2)c(F)c1. The van der Waals surface area contributed by atoms with Gasteiger partial charge >= 0.3 is 0 Å². The van der Waals surface area contributed by atoms with Gasteiger partial charge in [-0.3, -0.25) is 0 Å². The number of benzene rings is 2. The average molecular weight is 277 g/mol. The molecular formula is C16H17F2NO. The third-order valence-corrected chi connectivity index (χ3v) is 3.08. The van der Waals surface area contributed by atoms with Gasteiger partial charge in [0, 0.05) is 18.2 Å². The molecule has 0 fully saturated rings. The Labute approximate surface area is 117 Å². The van der Waals surface area contributed by atoms with Crippen molar-refractivity contribution >= 4 is 0 Å². The second-order valence-electron chi connectivity index (χ2n) is 4.51. The molecule has 0 spiro atoms. The number of ether oxygens (including phenoxy) is 1. The summed E-state index contributed by atoms with van der Waals surface area (Å²) in [4.78, 5) is 0. The number of nitrogens with one attached hydrogen (secondary N) is 1. The van der Waals surface area contributed by atoms with E-state index in [2.05, 4.69) is 5.32 Å². The van der Waals surface area contributed by atoms with E-state index in [1.807, 2.05) is 0 Å². The molecule has 2 rings (SSSR count). The third kappa shape index (κ3) is 4.03. The summed E-state index contributed by atoms with van der Waals surface area (Å²) in [5.74, 6) is -0.00166. The van der Waals surface area contributed by atoms with Gasteiger partial charge in [-0.1, -0.05) is 18.2 Å². The van der Waals surface area contributed by atoms with Crippen LogP contribution in [0.5, 0.6) is 5.75 Å². The first-order valence-corrected chi connectivity index (χ1v) is 6.46. The molecule has 1 N–H and O–H groups in total. The summed E-state index contributed by atoms with van der Waals surface area (Å²) < 4.78 is 31.4. The standard InChI is InChI=1S/C16H17F2NO/c1-20-15-7-4-13(16(18)10-15)11-19-9-8-12-2-5-14(17)6-3-12/h2-7,10,19H,8-9,11H2,1H3. The largest absolute Gasteiger partial charge is 0.497 e. The van der Waals surface area contributed by atoms with E-state index in [1.165, 1.54) is 25.3 Å². The Bertz CT molecular complexity index is 555.